The highest BCUT2D eigenvalue weighted by molar-refractivity contribution is 6.34. The van der Waals surface area contributed by atoms with Crippen LogP contribution in [0.4, 0.5) is 22.0 Å². The van der Waals surface area contributed by atoms with Crippen LogP contribution in [0.3, 0.4) is 0 Å². The molecule has 0 radical (unpaired) electrons. The number of rotatable bonds is 5. The number of aromatic hydroxyl groups is 2. The summed E-state index contributed by atoms with van der Waals surface area (Å²) in [6.45, 7) is 2.32. The normalized spacial score (nSPS) is 16.1. The zero-order valence-corrected chi connectivity index (χ0v) is 24.3. The van der Waals surface area contributed by atoms with E-state index < -0.39 is 0 Å². The summed E-state index contributed by atoms with van der Waals surface area (Å²) >= 11 is 6.67. The molecule has 3 aromatic carbocycles. The van der Waals surface area contributed by atoms with Gasteiger partial charge in [-0.05, 0) is 53.9 Å². The molecule has 12 heteroatoms. The Morgan fingerprint density at radius 2 is 1.86 bits per heavy atom. The second kappa shape index (κ2) is 11.9. The van der Waals surface area contributed by atoms with E-state index >= 15 is 0 Å². The molecule has 3 heterocycles. The lowest BCUT2D eigenvalue weighted by atomic mass is 10.0. The van der Waals surface area contributed by atoms with E-state index in [2.05, 4.69) is 21.0 Å². The number of urea groups is 1. The van der Waals surface area contributed by atoms with E-state index in [1.54, 1.807) is 51.0 Å². The number of piperazine rings is 1. The van der Waals surface area contributed by atoms with E-state index in [4.69, 9.17) is 11.6 Å². The predicted molar refractivity (Wildman–Crippen MR) is 164 cm³/mol. The number of carbonyl (C=O) groups excluding carboxylic acids is 2. The molecule has 43 heavy (non-hydrogen) atoms. The number of phenols is 2. The summed E-state index contributed by atoms with van der Waals surface area (Å²) in [5.74, 6) is 0.541. The van der Waals surface area contributed by atoms with Gasteiger partial charge in [0.05, 0.1) is 34.7 Å². The van der Waals surface area contributed by atoms with Gasteiger partial charge in [-0.25, -0.2) is 4.79 Å². The molecule has 0 saturated carbocycles. The number of anilines is 3. The molecule has 1 aromatic heterocycles. The smallest absolute Gasteiger partial charge is 0.318 e. The second-order valence-electron chi connectivity index (χ2n) is 10.8. The van der Waals surface area contributed by atoms with Crippen LogP contribution >= 0.6 is 11.6 Å². The number of nitrogens with zero attached hydrogens (tertiary/aromatic N) is 4. The van der Waals surface area contributed by atoms with Gasteiger partial charge in [-0.1, -0.05) is 29.8 Å². The number of phenolic OH excluding ortho intramolecular Hbond substituents is 2. The molecule has 0 bridgehead atoms. The van der Waals surface area contributed by atoms with Crippen LogP contribution in [0.5, 0.6) is 11.5 Å². The average Bonchev–Trinajstić information content (AvgIpc) is 3.22. The quantitative estimate of drug-likeness (QED) is 0.232. The number of carbonyl (C=O) groups is 2. The third-order valence-electron chi connectivity index (χ3n) is 7.79. The fourth-order valence-corrected chi connectivity index (χ4v) is 5.95. The van der Waals surface area contributed by atoms with Crippen molar-refractivity contribution in [2.24, 2.45) is 7.05 Å². The minimum absolute atomic E-state index is 0.0212. The highest BCUT2D eigenvalue weighted by Gasteiger charge is 2.29. The number of nitrogens with one attached hydrogen (secondary N) is 3. The Morgan fingerprint density at radius 1 is 1.07 bits per heavy atom. The number of amides is 3. The Kier molecular flexibility index (Phi) is 7.83. The summed E-state index contributed by atoms with van der Waals surface area (Å²) in [4.78, 5) is 30.5. The number of benzene rings is 3. The molecule has 6 rings (SSSR count). The molecule has 222 valence electrons. The lowest BCUT2D eigenvalue weighted by molar-refractivity contribution is 0.0985. The molecule has 1 atom stereocenters. The molecule has 4 aromatic rings. The Morgan fingerprint density at radius 3 is 2.65 bits per heavy atom. The second-order valence-corrected chi connectivity index (χ2v) is 11.2. The summed E-state index contributed by atoms with van der Waals surface area (Å²) in [7, 11) is 1.85. The van der Waals surface area contributed by atoms with Crippen LogP contribution in [0.1, 0.15) is 27.0 Å². The van der Waals surface area contributed by atoms with E-state index in [0.717, 1.165) is 33.9 Å². The zero-order chi connectivity index (χ0) is 30.1. The average molecular weight is 602 g/mol. The molecule has 0 spiro atoms. The first-order chi connectivity index (χ1) is 20.8. The van der Waals surface area contributed by atoms with Gasteiger partial charge in [-0.15, -0.1) is 0 Å². The maximum absolute atomic E-state index is 13.8. The zero-order valence-electron chi connectivity index (χ0n) is 23.5. The van der Waals surface area contributed by atoms with E-state index in [9.17, 15) is 19.8 Å². The summed E-state index contributed by atoms with van der Waals surface area (Å²) in [5, 5.41) is 34.0. The first-order valence-corrected chi connectivity index (χ1v) is 14.4. The number of hydrogen-bond donors (Lipinski definition) is 5. The summed E-state index contributed by atoms with van der Waals surface area (Å²) in [6.07, 6.45) is 2.22. The van der Waals surface area contributed by atoms with E-state index in [0.29, 0.717) is 43.2 Å². The van der Waals surface area contributed by atoms with Gasteiger partial charge in [0.2, 0.25) is 0 Å². The molecule has 5 N–H and O–H groups in total. The van der Waals surface area contributed by atoms with E-state index in [-0.39, 0.29) is 36.0 Å². The van der Waals surface area contributed by atoms with Crippen LogP contribution in [-0.4, -0.2) is 62.5 Å². The summed E-state index contributed by atoms with van der Waals surface area (Å²) < 4.78 is 1.75. The third-order valence-corrected chi connectivity index (χ3v) is 8.10. The van der Waals surface area contributed by atoms with Crippen LogP contribution in [0, 0.1) is 0 Å². The van der Waals surface area contributed by atoms with Crippen molar-refractivity contribution in [1.82, 2.24) is 25.3 Å². The van der Waals surface area contributed by atoms with Crippen molar-refractivity contribution < 1.29 is 19.8 Å². The monoisotopic (exact) mass is 601 g/mol. The van der Waals surface area contributed by atoms with Gasteiger partial charge in [0, 0.05) is 50.9 Å². The van der Waals surface area contributed by atoms with Gasteiger partial charge in [0.15, 0.2) is 0 Å². The Balaban J connectivity index is 1.15. The first kappa shape index (κ1) is 28.4. The molecular formula is C31H32ClN7O4. The SMILES string of the molecule is Cn1ncc2c1Nc1ccccc1N(C(=O)c1ccc(CNC(=O)N3CCNCC3Cc3cc(O)cc(O)c3)cc1Cl)C2. The highest BCUT2D eigenvalue weighted by Crippen LogP contribution is 2.37. The van der Waals surface area contributed by atoms with Crippen LogP contribution < -0.4 is 20.9 Å². The topological polar surface area (TPSA) is 135 Å². The van der Waals surface area contributed by atoms with Crippen LogP contribution in [0.2, 0.25) is 5.02 Å². The van der Waals surface area contributed by atoms with Crippen molar-refractivity contribution in [2.45, 2.75) is 25.6 Å². The minimum Gasteiger partial charge on any atom is -0.508 e. The van der Waals surface area contributed by atoms with Crippen LogP contribution in [0.15, 0.2) is 66.9 Å². The van der Waals surface area contributed by atoms with Crippen molar-refractivity contribution in [3.63, 3.8) is 0 Å². The maximum Gasteiger partial charge on any atom is 0.318 e. The molecular weight excluding hydrogens is 570 g/mol. The molecule has 1 saturated heterocycles. The van der Waals surface area contributed by atoms with Crippen LogP contribution in [-0.2, 0) is 26.6 Å². The predicted octanol–water partition coefficient (Wildman–Crippen LogP) is 4.11. The van der Waals surface area contributed by atoms with Crippen molar-refractivity contribution in [2.75, 3.05) is 29.9 Å². The molecule has 0 aliphatic carbocycles. The van der Waals surface area contributed by atoms with Gasteiger partial charge < -0.3 is 36.0 Å². The molecule has 2 aliphatic rings. The largest absolute Gasteiger partial charge is 0.508 e. The van der Waals surface area contributed by atoms with Gasteiger partial charge in [0.1, 0.15) is 17.3 Å². The summed E-state index contributed by atoms with van der Waals surface area (Å²) in [6, 6.07) is 16.9. The van der Waals surface area contributed by atoms with Gasteiger partial charge >= 0.3 is 6.03 Å². The summed E-state index contributed by atoms with van der Waals surface area (Å²) in [5.41, 5.74) is 4.26. The fraction of sp³-hybridized carbons (Fsp3) is 0.258. The number of hydrogen-bond acceptors (Lipinski definition) is 7. The first-order valence-electron chi connectivity index (χ1n) is 14.0. The minimum atomic E-state index is -0.242. The number of aryl methyl sites for hydroxylation is 1. The maximum atomic E-state index is 13.8. The van der Waals surface area contributed by atoms with Gasteiger partial charge in [-0.3, -0.25) is 9.48 Å². The lowest BCUT2D eigenvalue weighted by Crippen LogP contribution is -2.57. The van der Waals surface area contributed by atoms with E-state index in [1.165, 1.54) is 6.07 Å². The van der Waals surface area contributed by atoms with Crippen molar-refractivity contribution in [3.8, 4) is 11.5 Å². The fourth-order valence-electron chi connectivity index (χ4n) is 5.66. The molecule has 3 amide bonds. The van der Waals surface area contributed by atoms with Crippen molar-refractivity contribution in [3.05, 3.63) is 94.1 Å². The van der Waals surface area contributed by atoms with Crippen molar-refractivity contribution in [1.29, 1.82) is 0 Å². The standard InChI is InChI=1S/C31H32ClN7O4/c1-37-29-21(16-35-37)18-39(28-5-3-2-4-27(28)36-29)30(42)25-7-6-19(13-26(25)32)15-34-31(43)38-9-8-33-17-22(38)10-20-11-23(40)14-24(41)12-20/h2-7,11-14,16,22,33,36,40-41H,8-10,15,17-18H2,1H3,(H,34,43). The molecule has 2 aliphatic heterocycles. The number of halogens is 1. The lowest BCUT2D eigenvalue weighted by Gasteiger charge is -2.36. The van der Waals surface area contributed by atoms with E-state index in [1.807, 2.05) is 31.3 Å². The number of para-hydroxylation sites is 2. The van der Waals surface area contributed by atoms with Gasteiger partial charge in [0.25, 0.3) is 5.91 Å². The molecule has 11 nitrogen and oxygen atoms in total. The number of fused-ring (bicyclic) bond motifs is 2. The number of aromatic nitrogens is 2. The Labute approximate surface area is 253 Å². The Bertz CT molecular complexity index is 1670. The molecule has 1 unspecified atom stereocenters. The van der Waals surface area contributed by atoms with Gasteiger partial charge in [-0.2, -0.15) is 5.10 Å². The highest BCUT2D eigenvalue weighted by atomic mass is 35.5. The van der Waals surface area contributed by atoms with Crippen molar-refractivity contribution >= 4 is 40.7 Å². The third kappa shape index (κ3) is 5.95. The molecule has 1 fully saturated rings. The Hall–Kier alpha value is -4.74. The van der Waals surface area contributed by atoms with Crippen LogP contribution in [0.25, 0.3) is 0 Å².